The molecule has 2 saturated carbocycles. The van der Waals surface area contributed by atoms with Crippen molar-refractivity contribution >= 4 is 5.78 Å². The zero-order valence-corrected chi connectivity index (χ0v) is 9.58. The SMILES string of the molecule is [2H]C1C[C@H](OC)[C@H]2CCCC[C@@H]2CCC1=O. The lowest BCUT2D eigenvalue weighted by Crippen LogP contribution is -2.34. The van der Waals surface area contributed by atoms with Crippen LogP contribution in [-0.2, 0) is 9.53 Å². The lowest BCUT2D eigenvalue weighted by Gasteiger charge is -2.38. The van der Waals surface area contributed by atoms with Gasteiger partial charge in [-0.05, 0) is 31.1 Å². The van der Waals surface area contributed by atoms with Gasteiger partial charge in [0.1, 0.15) is 5.78 Å². The highest BCUT2D eigenvalue weighted by atomic mass is 16.5. The molecule has 0 spiro atoms. The average Bonchev–Trinajstić information content (AvgIpc) is 2.31. The molecule has 0 amide bonds. The van der Waals surface area contributed by atoms with E-state index in [1.165, 1.54) is 25.7 Å². The molecule has 2 nitrogen and oxygen atoms in total. The van der Waals surface area contributed by atoms with Gasteiger partial charge < -0.3 is 4.74 Å². The number of rotatable bonds is 1. The summed E-state index contributed by atoms with van der Waals surface area (Å²) in [5.41, 5.74) is 0. The maximum Gasteiger partial charge on any atom is 0.133 e. The summed E-state index contributed by atoms with van der Waals surface area (Å²) in [5, 5.41) is 0. The van der Waals surface area contributed by atoms with Gasteiger partial charge in [0.15, 0.2) is 0 Å². The van der Waals surface area contributed by atoms with Crippen molar-refractivity contribution in [1.29, 1.82) is 0 Å². The van der Waals surface area contributed by atoms with Gasteiger partial charge in [0.25, 0.3) is 0 Å². The van der Waals surface area contributed by atoms with E-state index in [0.29, 0.717) is 24.7 Å². The van der Waals surface area contributed by atoms with Crippen LogP contribution >= 0.6 is 0 Å². The number of ketones is 1. The highest BCUT2D eigenvalue weighted by molar-refractivity contribution is 5.78. The van der Waals surface area contributed by atoms with Gasteiger partial charge in [-0.3, -0.25) is 4.79 Å². The van der Waals surface area contributed by atoms with Gasteiger partial charge in [0.2, 0.25) is 0 Å². The van der Waals surface area contributed by atoms with Crippen LogP contribution in [0.4, 0.5) is 0 Å². The first kappa shape index (κ1) is 9.83. The monoisotopic (exact) mass is 211 g/mol. The summed E-state index contributed by atoms with van der Waals surface area (Å²) >= 11 is 0. The molecule has 0 aromatic carbocycles. The van der Waals surface area contributed by atoms with Crippen LogP contribution in [0, 0.1) is 11.8 Å². The molecule has 0 aromatic heterocycles. The van der Waals surface area contributed by atoms with Gasteiger partial charge in [-0.15, -0.1) is 0 Å². The predicted molar refractivity (Wildman–Crippen MR) is 59.7 cm³/mol. The number of hydrogen-bond donors (Lipinski definition) is 0. The van der Waals surface area contributed by atoms with Gasteiger partial charge in [-0.2, -0.15) is 0 Å². The molecule has 15 heavy (non-hydrogen) atoms. The van der Waals surface area contributed by atoms with Crippen molar-refractivity contribution in [3.05, 3.63) is 0 Å². The first-order valence-electron chi connectivity index (χ1n) is 6.78. The second-order valence-corrected chi connectivity index (χ2v) is 4.93. The van der Waals surface area contributed by atoms with E-state index in [4.69, 9.17) is 6.11 Å². The van der Waals surface area contributed by atoms with Crippen molar-refractivity contribution in [3.8, 4) is 0 Å². The van der Waals surface area contributed by atoms with Crippen LogP contribution < -0.4 is 0 Å². The summed E-state index contributed by atoms with van der Waals surface area (Å²) in [6, 6.07) is 0. The summed E-state index contributed by atoms with van der Waals surface area (Å²) in [4.78, 5) is 11.7. The Hall–Kier alpha value is -0.370. The summed E-state index contributed by atoms with van der Waals surface area (Å²) in [7, 11) is 1.73. The van der Waals surface area contributed by atoms with Crippen LogP contribution in [0.25, 0.3) is 0 Å². The van der Waals surface area contributed by atoms with Crippen LogP contribution in [0.3, 0.4) is 0 Å². The highest BCUT2D eigenvalue weighted by Crippen LogP contribution is 2.39. The first-order chi connectivity index (χ1) is 7.72. The molecule has 0 heterocycles. The van der Waals surface area contributed by atoms with Crippen LogP contribution in [0.15, 0.2) is 0 Å². The first-order valence-corrected chi connectivity index (χ1v) is 6.20. The van der Waals surface area contributed by atoms with E-state index in [-0.39, 0.29) is 11.9 Å². The molecule has 0 bridgehead atoms. The van der Waals surface area contributed by atoms with E-state index in [9.17, 15) is 4.79 Å². The standard InChI is InChI=1S/C13H22O2/c1-15-13-9-8-11(14)7-6-10-4-2-3-5-12(10)13/h10,12-13H,2-9H2,1H3/t10-,12+,13+/m1/s1/i8D/t8?,10-,12+,13+. The fraction of sp³-hybridized carbons (Fsp3) is 0.923. The van der Waals surface area contributed by atoms with Gasteiger partial charge in [-0.25, -0.2) is 0 Å². The number of Topliss-reactive ketones (excluding diaryl/α,β-unsaturated/α-hetero) is 1. The van der Waals surface area contributed by atoms with E-state index >= 15 is 0 Å². The molecule has 0 radical (unpaired) electrons. The van der Waals surface area contributed by atoms with Crippen molar-refractivity contribution < 1.29 is 10.9 Å². The molecular formula is C13H22O2. The zero-order chi connectivity index (χ0) is 11.5. The topological polar surface area (TPSA) is 26.3 Å². The van der Waals surface area contributed by atoms with Gasteiger partial charge in [0.05, 0.1) is 6.10 Å². The average molecular weight is 211 g/mol. The van der Waals surface area contributed by atoms with E-state index < -0.39 is 6.40 Å². The minimum Gasteiger partial charge on any atom is -0.381 e. The Bertz CT molecular complexity index is 254. The Morgan fingerprint density at radius 3 is 2.87 bits per heavy atom. The molecule has 2 aliphatic rings. The molecule has 86 valence electrons. The summed E-state index contributed by atoms with van der Waals surface area (Å²) in [6.45, 7) is 0. The fourth-order valence-corrected chi connectivity index (χ4v) is 3.21. The van der Waals surface area contributed by atoms with Crippen LogP contribution in [-0.4, -0.2) is 19.0 Å². The van der Waals surface area contributed by atoms with Crippen LogP contribution in [0.5, 0.6) is 0 Å². The minimum absolute atomic E-state index is 0.117. The van der Waals surface area contributed by atoms with Crippen LogP contribution in [0.1, 0.15) is 52.7 Å². The van der Waals surface area contributed by atoms with Gasteiger partial charge >= 0.3 is 0 Å². The number of fused-ring (bicyclic) bond motifs is 1. The summed E-state index contributed by atoms with van der Waals surface area (Å²) < 4.78 is 13.4. The van der Waals surface area contributed by atoms with E-state index in [2.05, 4.69) is 0 Å². The lowest BCUT2D eigenvalue weighted by molar-refractivity contribution is -0.122. The molecule has 2 rings (SSSR count). The Morgan fingerprint density at radius 1 is 1.27 bits per heavy atom. The second-order valence-electron chi connectivity index (χ2n) is 4.93. The Balaban J connectivity index is 2.10. The normalized spacial score (nSPS) is 43.8. The molecule has 0 N–H and O–H groups in total. The third-order valence-corrected chi connectivity index (χ3v) is 4.09. The van der Waals surface area contributed by atoms with E-state index in [1.54, 1.807) is 7.11 Å². The third kappa shape index (κ3) is 2.60. The predicted octanol–water partition coefficient (Wildman–Crippen LogP) is 2.95. The Kier molecular flexibility index (Phi) is 3.35. The lowest BCUT2D eigenvalue weighted by atomic mass is 9.71. The molecule has 2 heteroatoms. The zero-order valence-electron chi connectivity index (χ0n) is 10.6. The molecule has 0 aromatic rings. The number of carbonyl (C=O) groups is 1. The highest BCUT2D eigenvalue weighted by Gasteiger charge is 2.33. The van der Waals surface area contributed by atoms with Crippen LogP contribution in [0.2, 0.25) is 0 Å². The molecule has 2 aliphatic carbocycles. The molecule has 1 unspecified atom stereocenters. The summed E-state index contributed by atoms with van der Waals surface area (Å²) in [6.07, 6.45) is 6.86. The molecule has 4 atom stereocenters. The number of hydrogen-bond acceptors (Lipinski definition) is 2. The fourth-order valence-electron chi connectivity index (χ4n) is 3.21. The maximum absolute atomic E-state index is 11.7. The summed E-state index contributed by atoms with van der Waals surface area (Å²) in [5.74, 6) is 1.38. The second kappa shape index (κ2) is 5.11. The van der Waals surface area contributed by atoms with Crippen molar-refractivity contribution in [2.24, 2.45) is 11.8 Å². The van der Waals surface area contributed by atoms with E-state index in [0.717, 1.165) is 6.42 Å². The molecule has 0 aliphatic heterocycles. The van der Waals surface area contributed by atoms with Gasteiger partial charge in [-0.1, -0.05) is 19.3 Å². The van der Waals surface area contributed by atoms with Crippen molar-refractivity contribution in [2.45, 2.75) is 57.4 Å². The third-order valence-electron chi connectivity index (χ3n) is 4.09. The van der Waals surface area contributed by atoms with Crippen molar-refractivity contribution in [2.75, 3.05) is 7.11 Å². The Labute approximate surface area is 93.8 Å². The molecule has 2 fully saturated rings. The largest absolute Gasteiger partial charge is 0.381 e. The van der Waals surface area contributed by atoms with E-state index in [1.807, 2.05) is 0 Å². The minimum atomic E-state index is -0.548. The number of carbonyl (C=O) groups excluding carboxylic acids is 1. The molecular weight excluding hydrogens is 188 g/mol. The van der Waals surface area contributed by atoms with Crippen molar-refractivity contribution in [3.63, 3.8) is 0 Å². The quantitative estimate of drug-likeness (QED) is 0.666. The van der Waals surface area contributed by atoms with Gasteiger partial charge in [0, 0.05) is 21.3 Å². The number of methoxy groups -OCH3 is 1. The van der Waals surface area contributed by atoms with Crippen molar-refractivity contribution in [1.82, 2.24) is 0 Å². The smallest absolute Gasteiger partial charge is 0.133 e. The molecule has 0 saturated heterocycles. The Morgan fingerprint density at radius 2 is 2.07 bits per heavy atom. The maximum atomic E-state index is 11.7. The number of ether oxygens (including phenoxy) is 1.